The van der Waals surface area contributed by atoms with Gasteiger partial charge in [0.25, 0.3) is 11.3 Å². The van der Waals surface area contributed by atoms with Crippen LogP contribution in [-0.4, -0.2) is 25.0 Å². The first-order chi connectivity index (χ1) is 7.25. The topological polar surface area (TPSA) is 75.9 Å². The van der Waals surface area contributed by atoms with E-state index in [2.05, 4.69) is 20.5 Å². The van der Waals surface area contributed by atoms with Gasteiger partial charge in [-0.15, -0.1) is 0 Å². The van der Waals surface area contributed by atoms with Gasteiger partial charge in [0.05, 0.1) is 10.9 Å². The van der Waals surface area contributed by atoms with Gasteiger partial charge in [0.15, 0.2) is 0 Å². The van der Waals surface area contributed by atoms with E-state index in [1.807, 2.05) is 0 Å². The van der Waals surface area contributed by atoms with E-state index >= 15 is 0 Å². The SMILES string of the molecule is O=c1[nH]c2nnnn2c2ccc(Cl)cc12. The molecular formula is C8H4ClN5O. The molecule has 6 nitrogen and oxygen atoms in total. The zero-order valence-electron chi connectivity index (χ0n) is 7.31. The van der Waals surface area contributed by atoms with Crippen molar-refractivity contribution in [2.75, 3.05) is 0 Å². The van der Waals surface area contributed by atoms with Gasteiger partial charge in [-0.25, -0.2) is 0 Å². The fourth-order valence-corrected chi connectivity index (χ4v) is 1.64. The first kappa shape index (κ1) is 8.37. The third-order valence-corrected chi connectivity index (χ3v) is 2.36. The van der Waals surface area contributed by atoms with E-state index in [1.54, 1.807) is 18.2 Å². The molecule has 15 heavy (non-hydrogen) atoms. The number of tetrazole rings is 1. The molecule has 0 bridgehead atoms. The summed E-state index contributed by atoms with van der Waals surface area (Å²) in [6.45, 7) is 0. The highest BCUT2D eigenvalue weighted by atomic mass is 35.5. The molecule has 1 aromatic carbocycles. The third-order valence-electron chi connectivity index (χ3n) is 2.13. The number of hydrogen-bond donors (Lipinski definition) is 1. The Kier molecular flexibility index (Phi) is 1.54. The van der Waals surface area contributed by atoms with Gasteiger partial charge in [0, 0.05) is 5.02 Å². The lowest BCUT2D eigenvalue weighted by molar-refractivity contribution is 0.840. The summed E-state index contributed by atoms with van der Waals surface area (Å²) in [6.07, 6.45) is 0. The van der Waals surface area contributed by atoms with Gasteiger partial charge in [-0.3, -0.25) is 9.78 Å². The molecule has 0 aliphatic heterocycles. The molecule has 0 saturated heterocycles. The molecule has 2 aromatic heterocycles. The molecule has 0 spiro atoms. The monoisotopic (exact) mass is 221 g/mol. The van der Waals surface area contributed by atoms with E-state index in [-0.39, 0.29) is 5.56 Å². The second-order valence-electron chi connectivity index (χ2n) is 3.03. The van der Waals surface area contributed by atoms with E-state index < -0.39 is 0 Å². The van der Waals surface area contributed by atoms with Crippen molar-refractivity contribution in [1.82, 2.24) is 25.0 Å². The quantitative estimate of drug-likeness (QED) is 0.604. The predicted molar refractivity (Wildman–Crippen MR) is 53.9 cm³/mol. The fourth-order valence-electron chi connectivity index (χ4n) is 1.47. The van der Waals surface area contributed by atoms with Crippen LogP contribution in [0.3, 0.4) is 0 Å². The molecule has 0 aliphatic rings. The first-order valence-corrected chi connectivity index (χ1v) is 4.53. The summed E-state index contributed by atoms with van der Waals surface area (Å²) in [5, 5.41) is 11.9. The Morgan fingerprint density at radius 1 is 1.40 bits per heavy atom. The average Bonchev–Trinajstić information content (AvgIpc) is 2.66. The summed E-state index contributed by atoms with van der Waals surface area (Å²) < 4.78 is 1.45. The molecule has 0 amide bonds. The molecule has 74 valence electrons. The normalized spacial score (nSPS) is 11.3. The van der Waals surface area contributed by atoms with Gasteiger partial charge in [0.2, 0.25) is 0 Å². The van der Waals surface area contributed by atoms with Crippen LogP contribution in [0.1, 0.15) is 0 Å². The Morgan fingerprint density at radius 3 is 3.13 bits per heavy atom. The van der Waals surface area contributed by atoms with Gasteiger partial charge in [-0.05, 0) is 28.6 Å². The van der Waals surface area contributed by atoms with E-state index in [4.69, 9.17) is 11.6 Å². The zero-order valence-corrected chi connectivity index (χ0v) is 8.06. The minimum atomic E-state index is -0.255. The van der Waals surface area contributed by atoms with E-state index in [0.717, 1.165) is 0 Å². The van der Waals surface area contributed by atoms with Crippen LogP contribution in [0.4, 0.5) is 0 Å². The Balaban J connectivity index is 2.67. The highest BCUT2D eigenvalue weighted by Gasteiger charge is 2.06. The van der Waals surface area contributed by atoms with Crippen LogP contribution in [0.5, 0.6) is 0 Å². The highest BCUT2D eigenvalue weighted by molar-refractivity contribution is 6.31. The van der Waals surface area contributed by atoms with Crippen LogP contribution in [0.2, 0.25) is 5.02 Å². The van der Waals surface area contributed by atoms with Gasteiger partial charge in [-0.1, -0.05) is 16.7 Å². The maximum Gasteiger partial charge on any atom is 0.260 e. The lowest BCUT2D eigenvalue weighted by Gasteiger charge is -1.98. The molecule has 0 fully saturated rings. The number of H-pyrrole nitrogens is 1. The van der Waals surface area contributed by atoms with Crippen molar-refractivity contribution in [3.63, 3.8) is 0 Å². The molecule has 0 radical (unpaired) electrons. The highest BCUT2D eigenvalue weighted by Crippen LogP contribution is 2.15. The Labute approximate surface area is 87.5 Å². The van der Waals surface area contributed by atoms with E-state index in [0.29, 0.717) is 21.7 Å². The first-order valence-electron chi connectivity index (χ1n) is 4.15. The van der Waals surface area contributed by atoms with Gasteiger partial charge >= 0.3 is 0 Å². The standard InChI is InChI=1S/C8H4ClN5O/c9-4-1-2-6-5(3-4)7(15)10-8-11-12-13-14(6)8/h1-3H,(H,10,11,13,15). The van der Waals surface area contributed by atoms with E-state index in [1.165, 1.54) is 4.52 Å². The second-order valence-corrected chi connectivity index (χ2v) is 3.47. The Bertz CT molecular complexity index is 716. The van der Waals surface area contributed by atoms with Crippen molar-refractivity contribution in [3.05, 3.63) is 33.6 Å². The van der Waals surface area contributed by atoms with Crippen LogP contribution >= 0.6 is 11.6 Å². The van der Waals surface area contributed by atoms with Crippen molar-refractivity contribution in [3.8, 4) is 0 Å². The molecule has 0 atom stereocenters. The molecule has 0 aliphatic carbocycles. The maximum absolute atomic E-state index is 11.6. The van der Waals surface area contributed by atoms with Crippen LogP contribution < -0.4 is 5.56 Å². The van der Waals surface area contributed by atoms with Crippen LogP contribution in [0, 0.1) is 0 Å². The summed E-state index contributed by atoms with van der Waals surface area (Å²) >= 11 is 5.80. The van der Waals surface area contributed by atoms with Crippen LogP contribution in [0.15, 0.2) is 23.0 Å². The van der Waals surface area contributed by atoms with Crippen molar-refractivity contribution < 1.29 is 0 Å². The van der Waals surface area contributed by atoms with E-state index in [9.17, 15) is 4.79 Å². The minimum Gasteiger partial charge on any atom is -0.289 e. The number of aromatic nitrogens is 5. The van der Waals surface area contributed by atoms with Crippen LogP contribution in [0.25, 0.3) is 16.7 Å². The molecule has 7 heteroatoms. The zero-order chi connectivity index (χ0) is 10.4. The molecule has 0 unspecified atom stereocenters. The summed E-state index contributed by atoms with van der Waals surface area (Å²) in [7, 11) is 0. The number of aromatic amines is 1. The fraction of sp³-hybridized carbons (Fsp3) is 0. The Hall–Kier alpha value is -1.95. The molecule has 3 aromatic rings. The van der Waals surface area contributed by atoms with Gasteiger partial charge in [0.1, 0.15) is 0 Å². The average molecular weight is 222 g/mol. The maximum atomic E-state index is 11.6. The van der Waals surface area contributed by atoms with Gasteiger partial charge in [-0.2, -0.15) is 4.52 Å². The number of benzene rings is 1. The van der Waals surface area contributed by atoms with Gasteiger partial charge < -0.3 is 0 Å². The lowest BCUT2D eigenvalue weighted by Crippen LogP contribution is -2.10. The molecule has 3 rings (SSSR count). The summed E-state index contributed by atoms with van der Waals surface area (Å²) in [4.78, 5) is 14.2. The molecule has 2 heterocycles. The van der Waals surface area contributed by atoms with Crippen molar-refractivity contribution in [2.24, 2.45) is 0 Å². The largest absolute Gasteiger partial charge is 0.289 e. The number of nitrogens with zero attached hydrogens (tertiary/aromatic N) is 4. The van der Waals surface area contributed by atoms with Crippen molar-refractivity contribution in [1.29, 1.82) is 0 Å². The summed E-state index contributed by atoms with van der Waals surface area (Å²) in [6, 6.07) is 4.97. The Morgan fingerprint density at radius 2 is 2.27 bits per heavy atom. The number of hydrogen-bond acceptors (Lipinski definition) is 4. The molecule has 1 N–H and O–H groups in total. The number of halogens is 1. The van der Waals surface area contributed by atoms with Crippen molar-refractivity contribution in [2.45, 2.75) is 0 Å². The smallest absolute Gasteiger partial charge is 0.260 e. The predicted octanol–water partition coefficient (Wildman–Crippen LogP) is 0.619. The number of nitrogens with one attached hydrogen (secondary N) is 1. The second kappa shape index (κ2) is 2.77. The number of fused-ring (bicyclic) bond motifs is 3. The van der Waals surface area contributed by atoms with Crippen LogP contribution in [-0.2, 0) is 0 Å². The molecular weight excluding hydrogens is 218 g/mol. The molecule has 0 saturated carbocycles. The summed E-state index contributed by atoms with van der Waals surface area (Å²) in [5.74, 6) is 0.315. The minimum absolute atomic E-state index is 0.255. The van der Waals surface area contributed by atoms with Crippen molar-refractivity contribution >= 4 is 28.3 Å². The third kappa shape index (κ3) is 1.11. The number of rotatable bonds is 0. The summed E-state index contributed by atoms with van der Waals surface area (Å²) in [5.41, 5.74) is 0.373. The lowest BCUT2D eigenvalue weighted by atomic mass is 10.2.